The molecule has 5 nitrogen and oxygen atoms in total. The SMILES string of the molecule is CCc1cc2c(cc1[N+](=O)[O-])C(=O)C(N=CCBr)=C(C)CC2. The Balaban J connectivity index is 2.60. The van der Waals surface area contributed by atoms with E-state index >= 15 is 0 Å². The van der Waals surface area contributed by atoms with Gasteiger partial charge in [-0.15, -0.1) is 0 Å². The number of fused-ring (bicyclic) bond motifs is 1. The van der Waals surface area contributed by atoms with Gasteiger partial charge in [0.05, 0.1) is 4.92 Å². The van der Waals surface area contributed by atoms with Crippen LogP contribution in [0.5, 0.6) is 0 Å². The smallest absolute Gasteiger partial charge is 0.273 e. The van der Waals surface area contributed by atoms with Crippen LogP contribution in [0.15, 0.2) is 28.4 Å². The number of rotatable bonds is 4. The fourth-order valence-corrected chi connectivity index (χ4v) is 2.76. The Labute approximate surface area is 137 Å². The lowest BCUT2D eigenvalue weighted by molar-refractivity contribution is -0.385. The first kappa shape index (κ1) is 16.5. The molecule has 6 heteroatoms. The average molecular weight is 365 g/mol. The van der Waals surface area contributed by atoms with Crippen molar-refractivity contribution in [2.24, 2.45) is 4.99 Å². The number of Topliss-reactive ketones (excluding diaryl/α,β-unsaturated/α-hetero) is 1. The maximum atomic E-state index is 12.7. The molecule has 116 valence electrons. The third-order valence-corrected chi connectivity index (χ3v) is 4.09. The maximum absolute atomic E-state index is 12.7. The molecular formula is C16H17BrN2O3. The van der Waals surface area contributed by atoms with Gasteiger partial charge in [0.2, 0.25) is 5.78 Å². The first-order chi connectivity index (χ1) is 10.5. The van der Waals surface area contributed by atoms with Crippen LogP contribution in [0.3, 0.4) is 0 Å². The van der Waals surface area contributed by atoms with Crippen LogP contribution < -0.4 is 0 Å². The monoisotopic (exact) mass is 364 g/mol. The number of nitro benzene ring substituents is 1. The van der Waals surface area contributed by atoms with Gasteiger partial charge in [-0.1, -0.05) is 22.9 Å². The van der Waals surface area contributed by atoms with Crippen molar-refractivity contribution in [2.45, 2.75) is 33.1 Å². The van der Waals surface area contributed by atoms with Gasteiger partial charge in [0, 0.05) is 28.7 Å². The number of hydrogen-bond donors (Lipinski definition) is 0. The number of aliphatic imine (C=N–C) groups is 1. The third-order valence-electron chi connectivity index (χ3n) is 3.80. The highest BCUT2D eigenvalue weighted by atomic mass is 79.9. The zero-order valence-corrected chi connectivity index (χ0v) is 14.1. The number of allylic oxidation sites excluding steroid dienone is 2. The Bertz CT molecular complexity index is 693. The van der Waals surface area contributed by atoms with E-state index in [1.54, 1.807) is 12.3 Å². The summed E-state index contributed by atoms with van der Waals surface area (Å²) in [6.07, 6.45) is 3.62. The highest BCUT2D eigenvalue weighted by Gasteiger charge is 2.26. The second-order valence-corrected chi connectivity index (χ2v) is 5.82. The van der Waals surface area contributed by atoms with Crippen LogP contribution >= 0.6 is 15.9 Å². The standard InChI is InChI=1S/C16H17BrN2O3/c1-3-11-8-12-5-4-10(2)15(18-7-6-17)16(20)13(12)9-14(11)19(21)22/h7-9H,3-6H2,1-2H3. The summed E-state index contributed by atoms with van der Waals surface area (Å²) in [5.74, 6) is -0.229. The van der Waals surface area contributed by atoms with Gasteiger partial charge >= 0.3 is 0 Å². The van der Waals surface area contributed by atoms with E-state index in [-0.39, 0.29) is 11.5 Å². The molecule has 1 aromatic rings. The highest BCUT2D eigenvalue weighted by Crippen LogP contribution is 2.31. The summed E-state index contributed by atoms with van der Waals surface area (Å²) in [5, 5.41) is 11.8. The van der Waals surface area contributed by atoms with Crippen molar-refractivity contribution >= 4 is 33.6 Å². The summed E-state index contributed by atoms with van der Waals surface area (Å²) >= 11 is 3.24. The predicted molar refractivity (Wildman–Crippen MR) is 90.1 cm³/mol. The molecule has 2 rings (SSSR count). The van der Waals surface area contributed by atoms with Gasteiger partial charge in [0.25, 0.3) is 5.69 Å². The number of ketones is 1. The summed E-state index contributed by atoms with van der Waals surface area (Å²) < 4.78 is 0. The van der Waals surface area contributed by atoms with Crippen molar-refractivity contribution in [3.63, 3.8) is 0 Å². The highest BCUT2D eigenvalue weighted by molar-refractivity contribution is 9.09. The molecule has 0 saturated heterocycles. The van der Waals surface area contributed by atoms with E-state index in [0.717, 1.165) is 17.6 Å². The molecule has 22 heavy (non-hydrogen) atoms. The van der Waals surface area contributed by atoms with Crippen LogP contribution in [0.25, 0.3) is 0 Å². The van der Waals surface area contributed by atoms with Gasteiger partial charge in [-0.2, -0.15) is 0 Å². The summed E-state index contributed by atoms with van der Waals surface area (Å²) in [7, 11) is 0. The van der Waals surface area contributed by atoms with E-state index in [0.29, 0.717) is 35.0 Å². The molecule has 0 amide bonds. The normalized spacial score (nSPS) is 15.1. The molecule has 0 radical (unpaired) electrons. The third kappa shape index (κ3) is 3.16. The number of carbonyl (C=O) groups is 1. The molecule has 1 aliphatic carbocycles. The summed E-state index contributed by atoms with van der Waals surface area (Å²) in [6.45, 7) is 3.77. The van der Waals surface area contributed by atoms with Crippen LogP contribution in [-0.4, -0.2) is 22.3 Å². The van der Waals surface area contributed by atoms with Gasteiger partial charge < -0.3 is 0 Å². The molecule has 0 unspecified atom stereocenters. The average Bonchev–Trinajstić information content (AvgIpc) is 2.62. The van der Waals surface area contributed by atoms with E-state index in [4.69, 9.17) is 0 Å². The quantitative estimate of drug-likeness (QED) is 0.350. The van der Waals surface area contributed by atoms with E-state index in [9.17, 15) is 14.9 Å². The lowest BCUT2D eigenvalue weighted by Gasteiger charge is -2.08. The number of aryl methyl sites for hydroxylation is 2. The number of alkyl halides is 1. The Kier molecular flexibility index (Phi) is 5.24. The van der Waals surface area contributed by atoms with Crippen LogP contribution in [0.4, 0.5) is 5.69 Å². The minimum Gasteiger partial charge on any atom is -0.287 e. The van der Waals surface area contributed by atoms with Crippen LogP contribution in [0.1, 0.15) is 41.8 Å². The second kappa shape index (κ2) is 6.96. The molecule has 0 spiro atoms. The lowest BCUT2D eigenvalue weighted by atomic mass is 9.96. The summed E-state index contributed by atoms with van der Waals surface area (Å²) in [5.41, 5.74) is 3.27. The van der Waals surface area contributed by atoms with Crippen molar-refractivity contribution < 1.29 is 9.72 Å². The molecule has 0 saturated carbocycles. The zero-order valence-electron chi connectivity index (χ0n) is 12.6. The Hall–Kier alpha value is -1.82. The molecule has 1 aromatic carbocycles. The molecule has 0 N–H and O–H groups in total. The first-order valence-electron chi connectivity index (χ1n) is 7.12. The predicted octanol–water partition coefficient (Wildman–Crippen LogP) is 4.03. The minimum atomic E-state index is -0.421. The van der Waals surface area contributed by atoms with Crippen LogP contribution in [0.2, 0.25) is 0 Å². The molecule has 0 heterocycles. The van der Waals surface area contributed by atoms with Gasteiger partial charge in [-0.05, 0) is 43.4 Å². The number of carbonyl (C=O) groups excluding carboxylic acids is 1. The zero-order chi connectivity index (χ0) is 16.3. The van der Waals surface area contributed by atoms with E-state index in [1.807, 2.05) is 13.8 Å². The number of benzene rings is 1. The Morgan fingerprint density at radius 1 is 1.41 bits per heavy atom. The minimum absolute atomic E-state index is 0.0120. The van der Waals surface area contributed by atoms with Gasteiger partial charge in [0.15, 0.2) is 0 Å². The topological polar surface area (TPSA) is 72.6 Å². The lowest BCUT2D eigenvalue weighted by Crippen LogP contribution is -2.07. The van der Waals surface area contributed by atoms with Gasteiger partial charge in [0.1, 0.15) is 5.70 Å². The van der Waals surface area contributed by atoms with Gasteiger partial charge in [-0.25, -0.2) is 0 Å². The van der Waals surface area contributed by atoms with E-state index < -0.39 is 4.92 Å². The van der Waals surface area contributed by atoms with Crippen molar-refractivity contribution in [2.75, 3.05) is 5.33 Å². The van der Waals surface area contributed by atoms with Crippen molar-refractivity contribution in [1.82, 2.24) is 0 Å². The maximum Gasteiger partial charge on any atom is 0.273 e. The molecule has 0 aliphatic heterocycles. The van der Waals surface area contributed by atoms with Crippen LogP contribution in [0, 0.1) is 10.1 Å². The molecule has 1 aliphatic rings. The summed E-state index contributed by atoms with van der Waals surface area (Å²) in [6, 6.07) is 3.22. The van der Waals surface area contributed by atoms with Crippen molar-refractivity contribution in [1.29, 1.82) is 0 Å². The van der Waals surface area contributed by atoms with E-state index in [2.05, 4.69) is 20.9 Å². The second-order valence-electron chi connectivity index (χ2n) is 5.17. The number of hydrogen-bond acceptors (Lipinski definition) is 4. The Morgan fingerprint density at radius 2 is 2.14 bits per heavy atom. The van der Waals surface area contributed by atoms with E-state index in [1.165, 1.54) is 6.07 Å². The Morgan fingerprint density at radius 3 is 2.73 bits per heavy atom. The summed E-state index contributed by atoms with van der Waals surface area (Å²) in [4.78, 5) is 27.7. The first-order valence-corrected chi connectivity index (χ1v) is 8.24. The number of nitrogens with zero attached hydrogens (tertiary/aromatic N) is 2. The van der Waals surface area contributed by atoms with Crippen molar-refractivity contribution in [3.8, 4) is 0 Å². The van der Waals surface area contributed by atoms with Crippen molar-refractivity contribution in [3.05, 3.63) is 50.2 Å². The molecule has 0 atom stereocenters. The van der Waals surface area contributed by atoms with Gasteiger partial charge in [-0.3, -0.25) is 19.9 Å². The fraction of sp³-hybridized carbons (Fsp3) is 0.375. The number of halogens is 1. The largest absolute Gasteiger partial charge is 0.287 e. The molecule has 0 bridgehead atoms. The molecule has 0 aromatic heterocycles. The van der Waals surface area contributed by atoms with Crippen LogP contribution in [-0.2, 0) is 12.8 Å². The molecular weight excluding hydrogens is 348 g/mol. The fourth-order valence-electron chi connectivity index (χ4n) is 2.61. The number of nitro groups is 1. The molecule has 0 fully saturated rings.